The van der Waals surface area contributed by atoms with Gasteiger partial charge in [-0.1, -0.05) is 66.7 Å². The molecule has 55 heavy (non-hydrogen) atoms. The van der Waals surface area contributed by atoms with Crippen molar-refractivity contribution in [2.45, 2.75) is 57.0 Å². The van der Waals surface area contributed by atoms with Crippen molar-refractivity contribution in [2.75, 3.05) is 26.2 Å². The molecule has 3 aliphatic rings. The Morgan fingerprint density at radius 3 is 1.96 bits per heavy atom. The van der Waals surface area contributed by atoms with Gasteiger partial charge in [-0.2, -0.15) is 0 Å². The van der Waals surface area contributed by atoms with Crippen molar-refractivity contribution in [3.63, 3.8) is 0 Å². The first-order valence-corrected chi connectivity index (χ1v) is 19.2. The molecule has 2 amide bonds. The summed E-state index contributed by atoms with van der Waals surface area (Å²) in [5.74, 6) is 3.51. The van der Waals surface area contributed by atoms with Crippen LogP contribution in [0.3, 0.4) is 0 Å². The Morgan fingerprint density at radius 1 is 0.727 bits per heavy atom. The summed E-state index contributed by atoms with van der Waals surface area (Å²) in [5, 5.41) is 0.632. The monoisotopic (exact) mass is 736 g/mol. The van der Waals surface area contributed by atoms with Crippen molar-refractivity contribution in [3.8, 4) is 11.5 Å². The molecule has 3 aliphatic heterocycles. The van der Waals surface area contributed by atoms with Gasteiger partial charge in [0.25, 0.3) is 5.91 Å². The molecule has 0 bridgehead atoms. The number of hydrogen-bond acceptors (Lipinski definition) is 8. The first-order valence-electron chi connectivity index (χ1n) is 19.2. The Balaban J connectivity index is 0.890. The molecule has 2 fully saturated rings. The minimum absolute atomic E-state index is 0.0192. The third kappa shape index (κ3) is 8.09. The zero-order valence-electron chi connectivity index (χ0n) is 30.8. The lowest BCUT2D eigenvalue weighted by Gasteiger charge is -2.32. The molecule has 4 aromatic carbocycles. The van der Waals surface area contributed by atoms with Crippen LogP contribution in [0.4, 0.5) is 0 Å². The molecule has 280 valence electrons. The average molecular weight is 737 g/mol. The summed E-state index contributed by atoms with van der Waals surface area (Å²) in [6, 6.07) is 29.2. The summed E-state index contributed by atoms with van der Waals surface area (Å²) in [7, 11) is -0.730. The van der Waals surface area contributed by atoms with E-state index in [1.54, 1.807) is 18.1 Å². The van der Waals surface area contributed by atoms with Crippen LogP contribution in [0.2, 0.25) is 0 Å². The summed E-state index contributed by atoms with van der Waals surface area (Å²) in [6.45, 7) is 3.73. The van der Waals surface area contributed by atoms with Gasteiger partial charge in [-0.3, -0.25) is 9.59 Å². The molecule has 10 nitrogen and oxygen atoms in total. The zero-order valence-corrected chi connectivity index (χ0v) is 30.8. The number of piperidine rings is 2. The average Bonchev–Trinajstić information content (AvgIpc) is 3.64. The van der Waals surface area contributed by atoms with Gasteiger partial charge in [0.05, 0.1) is 6.42 Å². The number of carbonyl (C=O) groups is 2. The van der Waals surface area contributed by atoms with E-state index in [1.807, 2.05) is 58.3 Å². The molecule has 11 heteroatoms. The first kappa shape index (κ1) is 36.3. The molecule has 1 aromatic heterocycles. The number of fused-ring (bicyclic) bond motifs is 2. The predicted octanol–water partition coefficient (Wildman–Crippen LogP) is 6.19. The second-order valence-corrected chi connectivity index (χ2v) is 14.8. The summed E-state index contributed by atoms with van der Waals surface area (Å²) < 4.78 is 17.7. The summed E-state index contributed by atoms with van der Waals surface area (Å²) in [5.41, 5.74) is 18.4. The molecule has 4 heterocycles. The molecule has 0 spiro atoms. The van der Waals surface area contributed by atoms with Gasteiger partial charge in [0, 0.05) is 62.4 Å². The van der Waals surface area contributed by atoms with Crippen molar-refractivity contribution in [2.24, 2.45) is 11.5 Å². The first-order chi connectivity index (χ1) is 26.8. The van der Waals surface area contributed by atoms with E-state index in [1.165, 1.54) is 17.2 Å². The molecular weight excluding hydrogens is 691 g/mol. The van der Waals surface area contributed by atoms with E-state index in [0.717, 1.165) is 42.4 Å². The number of hydrogen-bond donors (Lipinski definition) is 2. The number of amides is 2. The van der Waals surface area contributed by atoms with Crippen LogP contribution >= 0.6 is 0 Å². The Labute approximate surface area is 320 Å². The minimum Gasteiger partial charge on any atom is -0.520 e. The van der Waals surface area contributed by atoms with Crippen LogP contribution in [-0.4, -0.2) is 54.9 Å². The maximum atomic E-state index is 13.5. The zero-order chi connectivity index (χ0) is 37.9. The Hall–Kier alpha value is -5.65. The summed E-state index contributed by atoms with van der Waals surface area (Å²) >= 11 is 0. The van der Waals surface area contributed by atoms with Crippen molar-refractivity contribution in [1.82, 2.24) is 9.80 Å². The fraction of sp³-hybridized carbons (Fsp3) is 0.295. The lowest BCUT2D eigenvalue weighted by atomic mass is 9.88. The Bertz CT molecular complexity index is 2310. The van der Waals surface area contributed by atoms with E-state index in [-0.39, 0.29) is 18.2 Å². The van der Waals surface area contributed by atoms with Gasteiger partial charge in [-0.25, -0.2) is 4.79 Å². The van der Waals surface area contributed by atoms with E-state index >= 15 is 0 Å². The second-order valence-electron chi connectivity index (χ2n) is 14.8. The highest BCUT2D eigenvalue weighted by Gasteiger charge is 2.31. The quantitative estimate of drug-likeness (QED) is 0.135. The van der Waals surface area contributed by atoms with Gasteiger partial charge in [0.2, 0.25) is 5.91 Å². The number of likely N-dealkylation sites (tertiary alicyclic amines) is 2. The number of nitrogens with zero attached hydrogens (tertiary/aromatic N) is 2. The van der Waals surface area contributed by atoms with Crippen LogP contribution in [0.25, 0.3) is 17.0 Å². The molecule has 0 radical (unpaired) electrons. The maximum Gasteiger partial charge on any atom is 0.625 e. The Kier molecular flexibility index (Phi) is 10.6. The molecule has 0 saturated carbocycles. The molecule has 2 saturated heterocycles. The molecule has 0 unspecified atom stereocenters. The number of rotatable bonds is 9. The summed E-state index contributed by atoms with van der Waals surface area (Å²) in [4.78, 5) is 43.4. The molecule has 8 rings (SSSR count). The van der Waals surface area contributed by atoms with Crippen molar-refractivity contribution in [1.29, 1.82) is 0 Å². The molecule has 0 aliphatic carbocycles. The van der Waals surface area contributed by atoms with E-state index in [4.69, 9.17) is 25.2 Å². The van der Waals surface area contributed by atoms with Gasteiger partial charge in [-0.05, 0) is 95.1 Å². The van der Waals surface area contributed by atoms with Crippen molar-refractivity contribution < 1.29 is 23.3 Å². The number of nitrogens with two attached hydrogens (primary N) is 2. The lowest BCUT2D eigenvalue weighted by Crippen LogP contribution is -2.38. The molecular formula is C44H45BN4O6. The van der Waals surface area contributed by atoms with Gasteiger partial charge in [-0.15, -0.1) is 0 Å². The smallest absolute Gasteiger partial charge is 0.520 e. The highest BCUT2D eigenvalue weighted by molar-refractivity contribution is 6.54. The normalized spacial score (nSPS) is 16.4. The topological polar surface area (TPSA) is 141 Å². The van der Waals surface area contributed by atoms with Crippen LogP contribution in [0, 0.1) is 0 Å². The van der Waals surface area contributed by atoms with Crippen LogP contribution in [-0.2, 0) is 24.3 Å². The molecule has 5 aromatic rings. The molecule has 0 atom stereocenters. The van der Waals surface area contributed by atoms with Gasteiger partial charge < -0.3 is 35.0 Å². The standard InChI is InChI=1S/C44H45BN4O6/c46-27-30-5-2-7-34(21-30)32-11-16-48(17-12-32)42(50)23-37-24-43(51)53-39-26-41-40(25-38(37)39)54-45(55-41)15-10-29-4-1-9-36(20-29)44(52)49-18-13-33(14-19-49)35-8-3-6-31(22-35)28-47/h1-10,15,20-22,24-26,32-33H,11-14,16-19,23,27-28,46-47H2. The van der Waals surface area contributed by atoms with Crippen LogP contribution in [0.5, 0.6) is 11.5 Å². The van der Waals surface area contributed by atoms with E-state index in [2.05, 4.69) is 30.3 Å². The second kappa shape index (κ2) is 16.0. The van der Waals surface area contributed by atoms with Gasteiger partial charge >= 0.3 is 12.7 Å². The van der Waals surface area contributed by atoms with Crippen molar-refractivity contribution >= 4 is 36.0 Å². The minimum atomic E-state index is -0.730. The third-order valence-corrected chi connectivity index (χ3v) is 11.2. The van der Waals surface area contributed by atoms with Crippen LogP contribution in [0.1, 0.15) is 81.3 Å². The highest BCUT2D eigenvalue weighted by Crippen LogP contribution is 2.39. The van der Waals surface area contributed by atoms with E-state index in [0.29, 0.717) is 84.7 Å². The fourth-order valence-electron chi connectivity index (χ4n) is 8.17. The van der Waals surface area contributed by atoms with Crippen LogP contribution < -0.4 is 26.4 Å². The highest BCUT2D eigenvalue weighted by atomic mass is 16.6. The van der Waals surface area contributed by atoms with E-state index < -0.39 is 12.7 Å². The molecule has 4 N–H and O–H groups in total. The van der Waals surface area contributed by atoms with E-state index in [9.17, 15) is 14.4 Å². The third-order valence-electron chi connectivity index (χ3n) is 11.2. The fourth-order valence-corrected chi connectivity index (χ4v) is 8.17. The lowest BCUT2D eigenvalue weighted by molar-refractivity contribution is -0.131. The number of benzene rings is 4. The Morgan fingerprint density at radius 2 is 1.33 bits per heavy atom. The van der Waals surface area contributed by atoms with Crippen molar-refractivity contribution in [3.05, 3.63) is 146 Å². The van der Waals surface area contributed by atoms with Crippen LogP contribution in [0.15, 0.2) is 106 Å². The SMILES string of the molecule is NCc1cccc(C2CCN(C(=O)Cc3cc(=O)oc4cc5c(cc34)OB(C=Cc3cccc(C(=O)N4CCC(c6cccc(CN)c6)CC4)c3)O5)CC2)c1. The van der Waals surface area contributed by atoms with Gasteiger partial charge in [0.1, 0.15) is 17.1 Å². The maximum absolute atomic E-state index is 13.5. The largest absolute Gasteiger partial charge is 0.625 e. The summed E-state index contributed by atoms with van der Waals surface area (Å²) in [6.07, 6.45) is 5.52. The van der Waals surface area contributed by atoms with Gasteiger partial charge in [0.15, 0.2) is 0 Å². The predicted molar refractivity (Wildman–Crippen MR) is 214 cm³/mol. The number of carbonyl (C=O) groups excluding carboxylic acids is 2.